The highest BCUT2D eigenvalue weighted by Gasteiger charge is 2.30. The second kappa shape index (κ2) is 6.49. The maximum absolute atomic E-state index is 12.9. The van der Waals surface area contributed by atoms with E-state index in [1.165, 1.54) is 0 Å². The molecule has 2 aliphatic rings. The maximum atomic E-state index is 12.9. The zero-order valence-corrected chi connectivity index (χ0v) is 14.2. The molecule has 0 radical (unpaired) electrons. The van der Waals surface area contributed by atoms with Crippen LogP contribution in [0.1, 0.15) is 37.0 Å². The van der Waals surface area contributed by atoms with Crippen LogP contribution in [0.3, 0.4) is 0 Å². The predicted octanol–water partition coefficient (Wildman–Crippen LogP) is 2.72. The average molecular weight is 337 g/mol. The highest BCUT2D eigenvalue weighted by Crippen LogP contribution is 2.28. The van der Waals surface area contributed by atoms with E-state index in [1.54, 1.807) is 28.0 Å². The second-order valence-electron chi connectivity index (χ2n) is 6.26. The Labute approximate surface area is 141 Å². The predicted molar refractivity (Wildman–Crippen MR) is 89.0 cm³/mol. The number of hydrogen-bond donors (Lipinski definition) is 0. The van der Waals surface area contributed by atoms with E-state index in [0.29, 0.717) is 36.7 Å². The Bertz CT molecular complexity index is 634. The van der Waals surface area contributed by atoms with Crippen molar-refractivity contribution in [3.8, 4) is 0 Å². The van der Waals surface area contributed by atoms with Crippen LogP contribution in [0, 0.1) is 0 Å². The Kier molecular flexibility index (Phi) is 4.60. The molecule has 2 amide bonds. The molecule has 1 aromatic carbocycles. The number of carbonyl (C=O) groups is 2. The van der Waals surface area contributed by atoms with Crippen LogP contribution in [0.4, 0.5) is 5.69 Å². The molecule has 23 heavy (non-hydrogen) atoms. The minimum Gasteiger partial charge on any atom is -0.375 e. The number of rotatable bonds is 2. The molecule has 0 aliphatic carbocycles. The van der Waals surface area contributed by atoms with Crippen LogP contribution >= 0.6 is 11.6 Å². The first-order valence-electron chi connectivity index (χ1n) is 8.00. The smallest absolute Gasteiger partial charge is 0.255 e. The van der Waals surface area contributed by atoms with E-state index < -0.39 is 0 Å². The minimum absolute atomic E-state index is 0.00633. The molecule has 3 rings (SSSR count). The zero-order valence-electron chi connectivity index (χ0n) is 13.4. The van der Waals surface area contributed by atoms with Gasteiger partial charge >= 0.3 is 0 Å². The van der Waals surface area contributed by atoms with Crippen LogP contribution < -0.4 is 4.90 Å². The molecule has 0 saturated carbocycles. The van der Waals surface area contributed by atoms with Crippen molar-refractivity contribution in [3.05, 3.63) is 28.8 Å². The van der Waals surface area contributed by atoms with Gasteiger partial charge in [-0.2, -0.15) is 0 Å². The van der Waals surface area contributed by atoms with Crippen LogP contribution in [0.25, 0.3) is 0 Å². The standard InChI is InChI=1S/C17H21ClN2O3/c1-11-10-23-12(2)9-20(11)17(22)14-8-13(5-6-15(14)18)19-7-3-4-16(19)21/h5-6,8,11-12H,3-4,7,9-10H2,1-2H3/t11-,12+/m0/s1. The Morgan fingerprint density at radius 2 is 2.13 bits per heavy atom. The van der Waals surface area contributed by atoms with Crippen molar-refractivity contribution in [1.29, 1.82) is 0 Å². The molecule has 2 atom stereocenters. The van der Waals surface area contributed by atoms with E-state index in [0.717, 1.165) is 12.1 Å². The van der Waals surface area contributed by atoms with Crippen LogP contribution in [-0.4, -0.2) is 48.6 Å². The molecule has 0 aromatic heterocycles. The third-order valence-corrected chi connectivity index (χ3v) is 4.76. The van der Waals surface area contributed by atoms with Crippen molar-refractivity contribution >= 4 is 29.1 Å². The van der Waals surface area contributed by atoms with E-state index in [-0.39, 0.29) is 24.0 Å². The van der Waals surface area contributed by atoms with Crippen molar-refractivity contribution in [2.24, 2.45) is 0 Å². The largest absolute Gasteiger partial charge is 0.375 e. The summed E-state index contributed by atoms with van der Waals surface area (Å²) in [7, 11) is 0. The summed E-state index contributed by atoms with van der Waals surface area (Å²) in [5.74, 6) is -0.00905. The summed E-state index contributed by atoms with van der Waals surface area (Å²) in [6.07, 6.45) is 1.42. The average Bonchev–Trinajstić information content (AvgIpc) is 2.96. The maximum Gasteiger partial charge on any atom is 0.255 e. The van der Waals surface area contributed by atoms with Crippen molar-refractivity contribution in [3.63, 3.8) is 0 Å². The van der Waals surface area contributed by atoms with Gasteiger partial charge in [0.25, 0.3) is 5.91 Å². The number of nitrogens with zero attached hydrogens (tertiary/aromatic N) is 2. The molecule has 0 spiro atoms. The van der Waals surface area contributed by atoms with Gasteiger partial charge in [0.1, 0.15) is 0 Å². The number of amides is 2. The summed E-state index contributed by atoms with van der Waals surface area (Å²) in [6, 6.07) is 5.24. The molecule has 2 aliphatic heterocycles. The lowest BCUT2D eigenvalue weighted by atomic mass is 10.1. The van der Waals surface area contributed by atoms with Crippen LogP contribution in [-0.2, 0) is 9.53 Å². The van der Waals surface area contributed by atoms with Crippen molar-refractivity contribution < 1.29 is 14.3 Å². The quantitative estimate of drug-likeness (QED) is 0.834. The number of carbonyl (C=O) groups excluding carboxylic acids is 2. The Morgan fingerprint density at radius 1 is 1.35 bits per heavy atom. The zero-order chi connectivity index (χ0) is 16.6. The number of anilines is 1. The first-order chi connectivity index (χ1) is 11.0. The normalized spacial score (nSPS) is 25.1. The third-order valence-electron chi connectivity index (χ3n) is 4.43. The summed E-state index contributed by atoms with van der Waals surface area (Å²) < 4.78 is 5.58. The summed E-state index contributed by atoms with van der Waals surface area (Å²) in [5.41, 5.74) is 1.19. The second-order valence-corrected chi connectivity index (χ2v) is 6.67. The van der Waals surface area contributed by atoms with E-state index >= 15 is 0 Å². The summed E-state index contributed by atoms with van der Waals surface area (Å²) >= 11 is 6.26. The lowest BCUT2D eigenvalue weighted by molar-refractivity contribution is -0.117. The van der Waals surface area contributed by atoms with Gasteiger partial charge in [0.15, 0.2) is 0 Å². The van der Waals surface area contributed by atoms with E-state index in [1.807, 2.05) is 13.8 Å². The molecule has 6 heteroatoms. The topological polar surface area (TPSA) is 49.9 Å². The van der Waals surface area contributed by atoms with Gasteiger partial charge in [0, 0.05) is 25.2 Å². The van der Waals surface area contributed by atoms with Gasteiger partial charge in [-0.05, 0) is 38.5 Å². The fourth-order valence-corrected chi connectivity index (χ4v) is 3.31. The molecule has 124 valence electrons. The number of ether oxygens (including phenoxy) is 1. The number of benzene rings is 1. The van der Waals surface area contributed by atoms with Crippen LogP contribution in [0.2, 0.25) is 5.02 Å². The number of morpholine rings is 1. The van der Waals surface area contributed by atoms with E-state index in [2.05, 4.69) is 0 Å². The van der Waals surface area contributed by atoms with Gasteiger partial charge in [-0.25, -0.2) is 0 Å². The first kappa shape index (κ1) is 16.3. The minimum atomic E-state index is -0.105. The Hall–Kier alpha value is -1.59. The summed E-state index contributed by atoms with van der Waals surface area (Å²) in [4.78, 5) is 28.3. The van der Waals surface area contributed by atoms with Crippen molar-refractivity contribution in [1.82, 2.24) is 4.90 Å². The van der Waals surface area contributed by atoms with Gasteiger partial charge in [-0.15, -0.1) is 0 Å². The lowest BCUT2D eigenvalue weighted by Gasteiger charge is -2.37. The van der Waals surface area contributed by atoms with E-state index in [4.69, 9.17) is 16.3 Å². The van der Waals surface area contributed by atoms with Gasteiger partial charge in [-0.3, -0.25) is 9.59 Å². The molecule has 2 saturated heterocycles. The SMILES string of the molecule is C[C@@H]1CN(C(=O)c2cc(N3CCCC3=O)ccc2Cl)[C@@H](C)CO1. The number of halogens is 1. The third kappa shape index (κ3) is 3.21. The molecule has 2 heterocycles. The molecule has 0 N–H and O–H groups in total. The number of hydrogen-bond acceptors (Lipinski definition) is 3. The molecular formula is C17H21ClN2O3. The molecule has 2 fully saturated rings. The Morgan fingerprint density at radius 3 is 2.83 bits per heavy atom. The molecule has 0 unspecified atom stereocenters. The highest BCUT2D eigenvalue weighted by atomic mass is 35.5. The lowest BCUT2D eigenvalue weighted by Crippen LogP contribution is -2.50. The monoisotopic (exact) mass is 336 g/mol. The van der Waals surface area contributed by atoms with Gasteiger partial charge in [0.05, 0.1) is 29.3 Å². The van der Waals surface area contributed by atoms with Gasteiger partial charge < -0.3 is 14.5 Å². The summed E-state index contributed by atoms with van der Waals surface area (Å²) in [5, 5.41) is 0.414. The highest BCUT2D eigenvalue weighted by molar-refractivity contribution is 6.34. The fraction of sp³-hybridized carbons (Fsp3) is 0.529. The molecule has 5 nitrogen and oxygen atoms in total. The fourth-order valence-electron chi connectivity index (χ4n) is 3.11. The van der Waals surface area contributed by atoms with E-state index in [9.17, 15) is 9.59 Å². The van der Waals surface area contributed by atoms with Gasteiger partial charge in [-0.1, -0.05) is 11.6 Å². The Balaban J connectivity index is 1.89. The van der Waals surface area contributed by atoms with Gasteiger partial charge in [0.2, 0.25) is 5.91 Å². The molecule has 0 bridgehead atoms. The van der Waals surface area contributed by atoms with Crippen molar-refractivity contribution in [2.45, 2.75) is 38.8 Å². The summed E-state index contributed by atoms with van der Waals surface area (Å²) in [6.45, 7) is 5.68. The first-order valence-corrected chi connectivity index (χ1v) is 8.37. The molecular weight excluding hydrogens is 316 g/mol. The van der Waals surface area contributed by atoms with Crippen LogP contribution in [0.5, 0.6) is 0 Å². The van der Waals surface area contributed by atoms with Crippen molar-refractivity contribution in [2.75, 3.05) is 24.6 Å². The van der Waals surface area contributed by atoms with Crippen LogP contribution in [0.15, 0.2) is 18.2 Å². The molecule has 1 aromatic rings.